The Kier molecular flexibility index (Phi) is 6.45. The van der Waals surface area contributed by atoms with Crippen LogP contribution in [0.15, 0.2) is 48.5 Å². The van der Waals surface area contributed by atoms with Crippen LogP contribution in [0.1, 0.15) is 30.4 Å². The Bertz CT molecular complexity index is 1220. The fourth-order valence-electron chi connectivity index (χ4n) is 4.78. The van der Waals surface area contributed by atoms with E-state index in [2.05, 4.69) is 29.3 Å². The third-order valence-corrected chi connectivity index (χ3v) is 6.60. The maximum atomic E-state index is 12.8. The van der Waals surface area contributed by atoms with Gasteiger partial charge in [-0.1, -0.05) is 18.2 Å². The summed E-state index contributed by atoms with van der Waals surface area (Å²) in [5.74, 6) is 0.799. The number of carbonyl (C=O) groups excluding carboxylic acids is 2. The van der Waals surface area contributed by atoms with Crippen molar-refractivity contribution in [2.45, 2.75) is 32.6 Å². The van der Waals surface area contributed by atoms with Gasteiger partial charge in [0, 0.05) is 49.2 Å². The van der Waals surface area contributed by atoms with Gasteiger partial charge < -0.3 is 19.9 Å². The smallest absolute Gasteiger partial charge is 0.227 e. The van der Waals surface area contributed by atoms with Crippen LogP contribution in [0.2, 0.25) is 0 Å². The normalized spacial score (nSPS) is 15.8. The molecule has 3 heterocycles. The van der Waals surface area contributed by atoms with E-state index in [1.54, 1.807) is 0 Å². The van der Waals surface area contributed by atoms with Crippen LogP contribution in [0.5, 0.6) is 0 Å². The number of morpholine rings is 1. The number of aromatic nitrogens is 1. The van der Waals surface area contributed by atoms with Crippen LogP contribution >= 0.6 is 0 Å². The molecule has 7 nitrogen and oxygen atoms in total. The number of benzene rings is 2. The number of hydrogen-bond donors (Lipinski definition) is 1. The molecule has 0 bridgehead atoms. The summed E-state index contributed by atoms with van der Waals surface area (Å²) >= 11 is 0. The molecule has 5 rings (SSSR count). The number of ether oxygens (including phenoxy) is 1. The van der Waals surface area contributed by atoms with E-state index < -0.39 is 0 Å². The molecule has 0 saturated carbocycles. The van der Waals surface area contributed by atoms with Crippen molar-refractivity contribution in [3.63, 3.8) is 0 Å². The van der Waals surface area contributed by atoms with Gasteiger partial charge in [-0.15, -0.1) is 0 Å². The molecule has 1 fully saturated rings. The van der Waals surface area contributed by atoms with Gasteiger partial charge in [0.15, 0.2) is 0 Å². The van der Waals surface area contributed by atoms with Crippen molar-refractivity contribution in [2.75, 3.05) is 48.0 Å². The summed E-state index contributed by atoms with van der Waals surface area (Å²) in [6, 6.07) is 15.9. The Morgan fingerprint density at radius 3 is 2.71 bits per heavy atom. The zero-order valence-electron chi connectivity index (χ0n) is 19.5. The lowest BCUT2D eigenvalue weighted by Crippen LogP contribution is -2.36. The lowest BCUT2D eigenvalue weighted by atomic mass is 10.0. The molecule has 0 atom stereocenters. The van der Waals surface area contributed by atoms with Crippen LogP contribution in [0, 0.1) is 6.92 Å². The Balaban J connectivity index is 1.22. The quantitative estimate of drug-likeness (QED) is 0.624. The first-order chi connectivity index (χ1) is 16.6. The van der Waals surface area contributed by atoms with E-state index in [0.717, 1.165) is 72.8 Å². The number of pyridine rings is 1. The molecule has 0 aliphatic carbocycles. The fraction of sp³-hybridized carbons (Fsp3) is 0.370. The second-order valence-electron chi connectivity index (χ2n) is 8.95. The minimum atomic E-state index is -0.159. The monoisotopic (exact) mass is 458 g/mol. The number of rotatable bonds is 5. The molecule has 2 aliphatic heterocycles. The number of hydrogen-bond acceptors (Lipinski definition) is 5. The van der Waals surface area contributed by atoms with E-state index in [0.29, 0.717) is 6.54 Å². The van der Waals surface area contributed by atoms with Crippen molar-refractivity contribution < 1.29 is 14.3 Å². The van der Waals surface area contributed by atoms with E-state index in [9.17, 15) is 9.59 Å². The van der Waals surface area contributed by atoms with Crippen LogP contribution in [0.3, 0.4) is 0 Å². The zero-order chi connectivity index (χ0) is 23.5. The molecule has 7 heteroatoms. The van der Waals surface area contributed by atoms with Crippen LogP contribution in [-0.4, -0.2) is 49.6 Å². The number of anilines is 3. The van der Waals surface area contributed by atoms with E-state index in [1.165, 1.54) is 5.56 Å². The molecule has 1 aromatic heterocycles. The highest BCUT2D eigenvalue weighted by Crippen LogP contribution is 2.28. The third-order valence-electron chi connectivity index (χ3n) is 6.60. The summed E-state index contributed by atoms with van der Waals surface area (Å²) < 4.78 is 5.44. The standard InChI is InChI=1S/C27H30N4O3/c1-19-17-25(30-13-15-34-16-14-30)29-23-9-8-21(18-22(19)23)28-26(32)10-11-27(33)31-12-4-6-20-5-2-3-7-24(20)31/h2-3,5,7-9,17-18H,4,6,10-16H2,1H3,(H,28,32). The van der Waals surface area contributed by atoms with E-state index >= 15 is 0 Å². The van der Waals surface area contributed by atoms with E-state index in [1.807, 2.05) is 41.3 Å². The average Bonchev–Trinajstić information content (AvgIpc) is 2.87. The molecule has 2 aromatic carbocycles. The SMILES string of the molecule is Cc1cc(N2CCOCC2)nc2ccc(NC(=O)CCC(=O)N3CCCc4ccccc43)cc12. The Morgan fingerprint density at radius 1 is 1.03 bits per heavy atom. The number of aryl methyl sites for hydroxylation is 2. The second-order valence-corrected chi connectivity index (χ2v) is 8.95. The van der Waals surface area contributed by atoms with Gasteiger partial charge in [0.25, 0.3) is 0 Å². The molecule has 0 spiro atoms. The van der Waals surface area contributed by atoms with Crippen molar-refractivity contribution in [3.8, 4) is 0 Å². The third kappa shape index (κ3) is 4.75. The maximum Gasteiger partial charge on any atom is 0.227 e. The second kappa shape index (κ2) is 9.81. The minimum absolute atomic E-state index is 0.00324. The first-order valence-corrected chi connectivity index (χ1v) is 12.0. The lowest BCUT2D eigenvalue weighted by molar-refractivity contribution is -0.122. The molecule has 3 aromatic rings. The molecular formula is C27H30N4O3. The van der Waals surface area contributed by atoms with Crippen LogP contribution in [0.4, 0.5) is 17.2 Å². The number of fused-ring (bicyclic) bond motifs is 2. The van der Waals surface area contributed by atoms with Crippen molar-refractivity contribution in [1.29, 1.82) is 0 Å². The predicted octanol–water partition coefficient (Wildman–Crippen LogP) is 4.08. The van der Waals surface area contributed by atoms with E-state index in [-0.39, 0.29) is 24.7 Å². The van der Waals surface area contributed by atoms with Crippen molar-refractivity contribution in [2.24, 2.45) is 0 Å². The molecule has 2 aliphatic rings. The number of amides is 2. The van der Waals surface area contributed by atoms with Gasteiger partial charge in [-0.2, -0.15) is 0 Å². The number of nitrogens with one attached hydrogen (secondary N) is 1. The molecule has 176 valence electrons. The van der Waals surface area contributed by atoms with Crippen LogP contribution in [-0.2, 0) is 20.7 Å². The molecule has 0 radical (unpaired) electrons. The van der Waals surface area contributed by atoms with Gasteiger partial charge in [0.1, 0.15) is 5.82 Å². The molecule has 0 unspecified atom stereocenters. The van der Waals surface area contributed by atoms with Crippen molar-refractivity contribution in [3.05, 3.63) is 59.7 Å². The molecule has 2 amide bonds. The fourth-order valence-corrected chi connectivity index (χ4v) is 4.78. The Hall–Kier alpha value is -3.45. The van der Waals surface area contributed by atoms with Gasteiger partial charge in [-0.25, -0.2) is 4.98 Å². The van der Waals surface area contributed by atoms with Gasteiger partial charge >= 0.3 is 0 Å². The Morgan fingerprint density at radius 2 is 1.85 bits per heavy atom. The summed E-state index contributed by atoms with van der Waals surface area (Å²) in [6.45, 7) is 5.89. The number of nitrogens with zero attached hydrogens (tertiary/aromatic N) is 3. The average molecular weight is 459 g/mol. The number of para-hydroxylation sites is 1. The Labute approximate surface area is 199 Å². The topological polar surface area (TPSA) is 74.8 Å². The first-order valence-electron chi connectivity index (χ1n) is 12.0. The van der Waals surface area contributed by atoms with Gasteiger partial charge in [0.2, 0.25) is 11.8 Å². The zero-order valence-corrected chi connectivity index (χ0v) is 19.5. The summed E-state index contributed by atoms with van der Waals surface area (Å²) in [5.41, 5.74) is 4.91. The summed E-state index contributed by atoms with van der Waals surface area (Å²) in [6.07, 6.45) is 2.29. The molecule has 1 saturated heterocycles. The maximum absolute atomic E-state index is 12.8. The molecule has 34 heavy (non-hydrogen) atoms. The predicted molar refractivity (Wildman–Crippen MR) is 134 cm³/mol. The molecular weight excluding hydrogens is 428 g/mol. The van der Waals surface area contributed by atoms with Gasteiger partial charge in [0.05, 0.1) is 18.7 Å². The highest BCUT2D eigenvalue weighted by Gasteiger charge is 2.22. The number of carbonyl (C=O) groups is 2. The van der Waals surface area contributed by atoms with Gasteiger partial charge in [-0.3, -0.25) is 9.59 Å². The van der Waals surface area contributed by atoms with Crippen LogP contribution < -0.4 is 15.1 Å². The lowest BCUT2D eigenvalue weighted by Gasteiger charge is -2.29. The highest BCUT2D eigenvalue weighted by atomic mass is 16.5. The summed E-state index contributed by atoms with van der Waals surface area (Å²) in [4.78, 5) is 34.3. The van der Waals surface area contributed by atoms with E-state index in [4.69, 9.17) is 9.72 Å². The largest absolute Gasteiger partial charge is 0.378 e. The molecule has 1 N–H and O–H groups in total. The highest BCUT2D eigenvalue weighted by molar-refractivity contribution is 5.99. The van der Waals surface area contributed by atoms with Crippen molar-refractivity contribution in [1.82, 2.24) is 4.98 Å². The van der Waals surface area contributed by atoms with Crippen molar-refractivity contribution >= 4 is 39.9 Å². The minimum Gasteiger partial charge on any atom is -0.378 e. The van der Waals surface area contributed by atoms with Crippen LogP contribution in [0.25, 0.3) is 10.9 Å². The summed E-state index contributed by atoms with van der Waals surface area (Å²) in [7, 11) is 0. The summed E-state index contributed by atoms with van der Waals surface area (Å²) in [5, 5.41) is 3.96. The first kappa shape index (κ1) is 22.3. The van der Waals surface area contributed by atoms with Gasteiger partial charge in [-0.05, 0) is 61.2 Å².